The van der Waals surface area contributed by atoms with Crippen LogP contribution in [-0.4, -0.2) is 11.1 Å². The van der Waals surface area contributed by atoms with Crippen LogP contribution >= 0.6 is 0 Å². The van der Waals surface area contributed by atoms with E-state index < -0.39 is 17.7 Å². The molecule has 1 saturated carbocycles. The Bertz CT molecular complexity index is 904. The molecule has 2 aromatic carbocycles. The fraction of sp³-hybridized carbons (Fsp3) is 0.286. The van der Waals surface area contributed by atoms with Crippen molar-refractivity contribution >= 4 is 17.3 Å². The van der Waals surface area contributed by atoms with Gasteiger partial charge in [-0.25, -0.2) is 4.79 Å². The molecule has 0 saturated heterocycles. The standard InChI is InChI=1S/C21H18F3NO2/c22-21(23,24)16-11-15(10-9-14-5-1-2-6-14)12-17(13-16)25-19-8-4-3-7-18(19)20(26)27/h3-4,7-8,11-14,25H,1-2,5-6H2,(H,26,27). The van der Waals surface area contributed by atoms with Gasteiger partial charge in [-0.3, -0.25) is 0 Å². The summed E-state index contributed by atoms with van der Waals surface area (Å²) in [4.78, 5) is 11.3. The smallest absolute Gasteiger partial charge is 0.416 e. The van der Waals surface area contributed by atoms with Gasteiger partial charge in [0.05, 0.1) is 16.8 Å². The van der Waals surface area contributed by atoms with Gasteiger partial charge in [0.25, 0.3) is 0 Å². The predicted octanol–water partition coefficient (Wildman–Crippen LogP) is 5.69. The quantitative estimate of drug-likeness (QED) is 0.680. The molecule has 0 aliphatic heterocycles. The molecule has 0 spiro atoms. The van der Waals surface area contributed by atoms with Crippen LogP contribution in [0.3, 0.4) is 0 Å². The summed E-state index contributed by atoms with van der Waals surface area (Å²) < 4.78 is 39.8. The first-order chi connectivity index (χ1) is 12.8. The molecule has 2 N–H and O–H groups in total. The van der Waals surface area contributed by atoms with E-state index in [9.17, 15) is 23.1 Å². The zero-order valence-electron chi connectivity index (χ0n) is 14.4. The molecule has 3 rings (SSSR count). The minimum absolute atomic E-state index is 0.0199. The number of para-hydroxylation sites is 1. The van der Waals surface area contributed by atoms with Gasteiger partial charge < -0.3 is 10.4 Å². The molecular formula is C21H18F3NO2. The first kappa shape index (κ1) is 18.8. The highest BCUT2D eigenvalue weighted by atomic mass is 19.4. The third kappa shape index (κ3) is 4.82. The molecule has 1 aliphatic rings. The molecule has 140 valence electrons. The number of anilines is 2. The van der Waals surface area contributed by atoms with Gasteiger partial charge in [-0.2, -0.15) is 13.2 Å². The van der Waals surface area contributed by atoms with E-state index in [4.69, 9.17) is 0 Å². The Hall–Kier alpha value is -2.94. The lowest BCUT2D eigenvalue weighted by molar-refractivity contribution is -0.137. The van der Waals surface area contributed by atoms with Crippen LogP contribution < -0.4 is 5.32 Å². The van der Waals surface area contributed by atoms with E-state index in [1.165, 1.54) is 18.2 Å². The van der Waals surface area contributed by atoms with E-state index in [1.54, 1.807) is 12.1 Å². The first-order valence-corrected chi connectivity index (χ1v) is 8.66. The normalized spacial score (nSPS) is 14.5. The monoisotopic (exact) mass is 373 g/mol. The molecule has 0 radical (unpaired) electrons. The summed E-state index contributed by atoms with van der Waals surface area (Å²) >= 11 is 0. The van der Waals surface area contributed by atoms with E-state index >= 15 is 0 Å². The van der Waals surface area contributed by atoms with Gasteiger partial charge in [-0.1, -0.05) is 36.8 Å². The maximum absolute atomic E-state index is 13.3. The SMILES string of the molecule is O=C(O)c1ccccc1Nc1cc(C#CC2CCCC2)cc(C(F)(F)F)c1. The number of carboxylic acids is 1. The van der Waals surface area contributed by atoms with Gasteiger partial charge in [-0.05, 0) is 43.2 Å². The minimum atomic E-state index is -4.52. The van der Waals surface area contributed by atoms with E-state index in [0.29, 0.717) is 0 Å². The van der Waals surface area contributed by atoms with Crippen LogP contribution in [0.25, 0.3) is 0 Å². The highest BCUT2D eigenvalue weighted by Crippen LogP contribution is 2.33. The van der Waals surface area contributed by atoms with Crippen LogP contribution in [0.2, 0.25) is 0 Å². The molecule has 0 unspecified atom stereocenters. The van der Waals surface area contributed by atoms with Crippen LogP contribution in [0.1, 0.15) is 47.2 Å². The lowest BCUT2D eigenvalue weighted by atomic mass is 10.1. The first-order valence-electron chi connectivity index (χ1n) is 8.66. The summed E-state index contributed by atoms with van der Waals surface area (Å²) in [6.07, 6.45) is -0.374. The number of aromatic carboxylic acids is 1. The van der Waals surface area contributed by atoms with Gasteiger partial charge >= 0.3 is 12.1 Å². The Morgan fingerprint density at radius 1 is 1.11 bits per heavy atom. The third-order valence-corrected chi connectivity index (χ3v) is 4.47. The largest absolute Gasteiger partial charge is 0.478 e. The molecule has 0 bridgehead atoms. The van der Waals surface area contributed by atoms with Crippen molar-refractivity contribution in [3.8, 4) is 11.8 Å². The van der Waals surface area contributed by atoms with Crippen molar-refractivity contribution < 1.29 is 23.1 Å². The molecule has 6 heteroatoms. The van der Waals surface area contributed by atoms with E-state index in [0.717, 1.165) is 37.8 Å². The van der Waals surface area contributed by atoms with E-state index in [2.05, 4.69) is 17.2 Å². The molecule has 0 atom stereocenters. The number of hydrogen-bond acceptors (Lipinski definition) is 2. The number of alkyl halides is 3. The van der Waals surface area contributed by atoms with Gasteiger partial charge in [0.2, 0.25) is 0 Å². The molecule has 0 amide bonds. The van der Waals surface area contributed by atoms with Crippen LogP contribution in [-0.2, 0) is 6.18 Å². The topological polar surface area (TPSA) is 49.3 Å². The summed E-state index contributed by atoms with van der Waals surface area (Å²) in [6, 6.07) is 9.56. The second-order valence-corrected chi connectivity index (χ2v) is 6.52. The summed E-state index contributed by atoms with van der Waals surface area (Å²) in [5.74, 6) is 4.98. The highest BCUT2D eigenvalue weighted by Gasteiger charge is 2.31. The van der Waals surface area contributed by atoms with Gasteiger partial charge in [0.1, 0.15) is 0 Å². The van der Waals surface area contributed by atoms with Crippen molar-refractivity contribution in [3.05, 3.63) is 59.2 Å². The van der Waals surface area contributed by atoms with Crippen LogP contribution in [0.4, 0.5) is 24.5 Å². The van der Waals surface area contributed by atoms with Crippen LogP contribution in [0.15, 0.2) is 42.5 Å². The van der Waals surface area contributed by atoms with Gasteiger partial charge in [0, 0.05) is 17.2 Å². The van der Waals surface area contributed by atoms with Crippen molar-refractivity contribution in [1.82, 2.24) is 0 Å². The van der Waals surface area contributed by atoms with Crippen molar-refractivity contribution in [2.24, 2.45) is 5.92 Å². The number of hydrogen-bond donors (Lipinski definition) is 2. The molecule has 1 fully saturated rings. The number of carboxylic acid groups (broad SMARTS) is 1. The van der Waals surface area contributed by atoms with Crippen molar-refractivity contribution in [3.63, 3.8) is 0 Å². The summed E-state index contributed by atoms with van der Waals surface area (Å²) in [6.45, 7) is 0. The number of benzene rings is 2. The molecule has 0 heterocycles. The lowest BCUT2D eigenvalue weighted by Gasteiger charge is -2.13. The molecule has 0 aromatic heterocycles. The predicted molar refractivity (Wildman–Crippen MR) is 97.0 cm³/mol. The molecule has 2 aromatic rings. The molecular weight excluding hydrogens is 355 g/mol. The molecule has 1 aliphatic carbocycles. The Labute approximate surface area is 155 Å². The maximum atomic E-state index is 13.3. The van der Waals surface area contributed by atoms with E-state index in [-0.39, 0.29) is 28.4 Å². The average Bonchev–Trinajstić information content (AvgIpc) is 3.13. The minimum Gasteiger partial charge on any atom is -0.478 e. The number of halogens is 3. The second-order valence-electron chi connectivity index (χ2n) is 6.52. The number of nitrogens with one attached hydrogen (secondary N) is 1. The van der Waals surface area contributed by atoms with Crippen molar-refractivity contribution in [2.75, 3.05) is 5.32 Å². The second kappa shape index (κ2) is 7.75. The Balaban J connectivity index is 1.97. The Morgan fingerprint density at radius 2 is 1.81 bits per heavy atom. The number of rotatable bonds is 3. The van der Waals surface area contributed by atoms with Gasteiger partial charge in [0.15, 0.2) is 0 Å². The highest BCUT2D eigenvalue weighted by molar-refractivity contribution is 5.95. The third-order valence-electron chi connectivity index (χ3n) is 4.47. The van der Waals surface area contributed by atoms with Crippen LogP contribution in [0, 0.1) is 17.8 Å². The Kier molecular flexibility index (Phi) is 5.41. The van der Waals surface area contributed by atoms with Crippen molar-refractivity contribution in [1.29, 1.82) is 0 Å². The van der Waals surface area contributed by atoms with Crippen molar-refractivity contribution in [2.45, 2.75) is 31.9 Å². The zero-order valence-corrected chi connectivity index (χ0v) is 14.4. The Morgan fingerprint density at radius 3 is 2.48 bits per heavy atom. The maximum Gasteiger partial charge on any atom is 0.416 e. The molecule has 3 nitrogen and oxygen atoms in total. The molecule has 27 heavy (non-hydrogen) atoms. The van der Waals surface area contributed by atoms with Crippen LogP contribution in [0.5, 0.6) is 0 Å². The summed E-state index contributed by atoms with van der Waals surface area (Å²) in [7, 11) is 0. The lowest BCUT2D eigenvalue weighted by Crippen LogP contribution is -2.07. The fourth-order valence-electron chi connectivity index (χ4n) is 3.13. The average molecular weight is 373 g/mol. The fourth-order valence-corrected chi connectivity index (χ4v) is 3.13. The summed E-state index contributed by atoms with van der Waals surface area (Å²) in [5.41, 5.74) is -0.218. The van der Waals surface area contributed by atoms with E-state index in [1.807, 2.05) is 0 Å². The summed E-state index contributed by atoms with van der Waals surface area (Å²) in [5, 5.41) is 12.0. The zero-order chi connectivity index (χ0) is 19.4. The van der Waals surface area contributed by atoms with Gasteiger partial charge in [-0.15, -0.1) is 0 Å². The number of carbonyl (C=O) groups is 1.